The van der Waals surface area contributed by atoms with E-state index in [2.05, 4.69) is 15.5 Å². The van der Waals surface area contributed by atoms with Crippen LogP contribution in [0.4, 0.5) is 21.5 Å². The van der Waals surface area contributed by atoms with Gasteiger partial charge in [-0.05, 0) is 57.0 Å². The molecule has 1 aliphatic heterocycles. The van der Waals surface area contributed by atoms with E-state index >= 15 is 0 Å². The van der Waals surface area contributed by atoms with Gasteiger partial charge in [-0.3, -0.25) is 9.59 Å². The number of benzene rings is 2. The Hall–Kier alpha value is -2.54. The first-order chi connectivity index (χ1) is 13.9. The second kappa shape index (κ2) is 9.78. The molecule has 0 saturated carbocycles. The molecule has 2 aromatic rings. The summed E-state index contributed by atoms with van der Waals surface area (Å²) in [7, 11) is 0. The Morgan fingerprint density at radius 1 is 1.07 bits per heavy atom. The molecule has 0 aliphatic carbocycles. The summed E-state index contributed by atoms with van der Waals surface area (Å²) >= 11 is 1.24. The van der Waals surface area contributed by atoms with Crippen molar-refractivity contribution in [3.63, 3.8) is 0 Å². The van der Waals surface area contributed by atoms with Gasteiger partial charge in [-0.2, -0.15) is 0 Å². The van der Waals surface area contributed by atoms with Gasteiger partial charge in [0.15, 0.2) is 0 Å². The fraction of sp³-hybridized carbons (Fsp3) is 0.364. The number of nitrogens with zero attached hydrogens (tertiary/aromatic N) is 1. The second-order valence-electron chi connectivity index (χ2n) is 7.25. The lowest BCUT2D eigenvalue weighted by Gasteiger charge is -2.19. The molecule has 0 aromatic heterocycles. The normalized spacial score (nSPS) is 14.5. The first-order valence-corrected chi connectivity index (χ1v) is 10.8. The molecular formula is C22H26FN3O2S. The minimum Gasteiger partial charge on any atom is -0.371 e. The van der Waals surface area contributed by atoms with Crippen molar-refractivity contribution >= 4 is 40.6 Å². The van der Waals surface area contributed by atoms with Crippen LogP contribution in [0.25, 0.3) is 0 Å². The van der Waals surface area contributed by atoms with Crippen molar-refractivity contribution < 1.29 is 14.0 Å². The molecule has 1 saturated heterocycles. The number of aryl methyl sites for hydroxylation is 1. The van der Waals surface area contributed by atoms with Crippen LogP contribution >= 0.6 is 11.8 Å². The number of nitrogens with one attached hydrogen (secondary N) is 2. The van der Waals surface area contributed by atoms with Crippen LogP contribution in [0.1, 0.15) is 25.3 Å². The Balaban J connectivity index is 1.51. The largest absolute Gasteiger partial charge is 0.371 e. The summed E-state index contributed by atoms with van der Waals surface area (Å²) in [4.78, 5) is 26.7. The van der Waals surface area contributed by atoms with Crippen LogP contribution in [0, 0.1) is 12.7 Å². The van der Waals surface area contributed by atoms with Crippen LogP contribution in [0.15, 0.2) is 42.5 Å². The van der Waals surface area contributed by atoms with Crippen molar-refractivity contribution in [2.24, 2.45) is 0 Å². The van der Waals surface area contributed by atoms with Gasteiger partial charge in [0.05, 0.1) is 11.0 Å². The van der Waals surface area contributed by atoms with Crippen LogP contribution in [0.3, 0.4) is 0 Å². The third kappa shape index (κ3) is 6.22. The molecule has 1 fully saturated rings. The molecule has 1 aliphatic rings. The lowest BCUT2D eigenvalue weighted by molar-refractivity contribution is -0.115. The second-order valence-corrected chi connectivity index (χ2v) is 8.58. The number of carbonyl (C=O) groups is 2. The van der Waals surface area contributed by atoms with Crippen molar-refractivity contribution in [3.05, 3.63) is 53.8 Å². The van der Waals surface area contributed by atoms with E-state index in [-0.39, 0.29) is 23.4 Å². The van der Waals surface area contributed by atoms with Gasteiger partial charge in [0.2, 0.25) is 11.8 Å². The average molecular weight is 416 g/mol. The van der Waals surface area contributed by atoms with Gasteiger partial charge >= 0.3 is 0 Å². The van der Waals surface area contributed by atoms with Crippen molar-refractivity contribution in [2.75, 3.05) is 34.4 Å². The standard InChI is InChI=1S/C22H26FN3O2S/c1-15-5-7-18(8-6-15)24-21(27)14-29-16(2)22(28)25-19-11-17(23)12-20(13-19)26-9-3-4-10-26/h5-8,11-13,16H,3-4,9-10,14H2,1-2H3,(H,24,27)(H,25,28). The molecule has 7 heteroatoms. The molecule has 2 aromatic carbocycles. The van der Waals surface area contributed by atoms with Gasteiger partial charge in [-0.1, -0.05) is 17.7 Å². The number of carbonyl (C=O) groups excluding carboxylic acids is 2. The number of amides is 2. The van der Waals surface area contributed by atoms with Crippen molar-refractivity contribution in [1.29, 1.82) is 0 Å². The molecule has 29 heavy (non-hydrogen) atoms. The maximum Gasteiger partial charge on any atom is 0.237 e. The van der Waals surface area contributed by atoms with Crippen LogP contribution in [-0.2, 0) is 9.59 Å². The van der Waals surface area contributed by atoms with E-state index in [1.54, 1.807) is 13.0 Å². The Morgan fingerprint density at radius 2 is 1.76 bits per heavy atom. The van der Waals surface area contributed by atoms with Gasteiger partial charge < -0.3 is 15.5 Å². The van der Waals surface area contributed by atoms with Gasteiger partial charge in [-0.25, -0.2) is 4.39 Å². The van der Waals surface area contributed by atoms with Crippen molar-refractivity contribution in [3.8, 4) is 0 Å². The molecule has 0 spiro atoms. The Morgan fingerprint density at radius 3 is 2.45 bits per heavy atom. The summed E-state index contributed by atoms with van der Waals surface area (Å²) in [5.74, 6) is -0.635. The summed E-state index contributed by atoms with van der Waals surface area (Å²) in [6, 6.07) is 12.1. The zero-order valence-corrected chi connectivity index (χ0v) is 17.5. The molecule has 1 atom stereocenters. The predicted octanol–water partition coefficient (Wildman–Crippen LogP) is 4.43. The summed E-state index contributed by atoms with van der Waals surface area (Å²) in [5.41, 5.74) is 3.07. The fourth-order valence-corrected chi connectivity index (χ4v) is 3.84. The van der Waals surface area contributed by atoms with Gasteiger partial charge in [0.25, 0.3) is 0 Å². The molecule has 1 unspecified atom stereocenters. The van der Waals surface area contributed by atoms with Gasteiger partial charge in [-0.15, -0.1) is 11.8 Å². The number of hydrogen-bond donors (Lipinski definition) is 2. The van der Waals surface area contributed by atoms with E-state index in [1.165, 1.54) is 23.9 Å². The monoisotopic (exact) mass is 415 g/mol. The highest BCUT2D eigenvalue weighted by atomic mass is 32.2. The topological polar surface area (TPSA) is 61.4 Å². The number of anilines is 3. The lowest BCUT2D eigenvalue weighted by Crippen LogP contribution is -2.25. The SMILES string of the molecule is Cc1ccc(NC(=O)CSC(C)C(=O)Nc2cc(F)cc(N3CCCC3)c2)cc1. The Labute approximate surface area is 175 Å². The molecule has 2 amide bonds. The summed E-state index contributed by atoms with van der Waals surface area (Å²) in [6.45, 7) is 5.52. The number of hydrogen-bond acceptors (Lipinski definition) is 4. The number of thioether (sulfide) groups is 1. The highest BCUT2D eigenvalue weighted by Crippen LogP contribution is 2.26. The average Bonchev–Trinajstić information content (AvgIpc) is 3.22. The van der Waals surface area contributed by atoms with E-state index in [4.69, 9.17) is 0 Å². The summed E-state index contributed by atoms with van der Waals surface area (Å²) in [5, 5.41) is 5.13. The third-order valence-electron chi connectivity index (χ3n) is 4.79. The molecule has 0 radical (unpaired) electrons. The van der Waals surface area contributed by atoms with Gasteiger partial charge in [0.1, 0.15) is 5.82 Å². The molecular weight excluding hydrogens is 389 g/mol. The zero-order chi connectivity index (χ0) is 20.8. The molecule has 2 N–H and O–H groups in total. The van der Waals surface area contributed by atoms with E-state index < -0.39 is 5.25 Å². The fourth-order valence-electron chi connectivity index (χ4n) is 3.16. The highest BCUT2D eigenvalue weighted by Gasteiger charge is 2.18. The predicted molar refractivity (Wildman–Crippen MR) is 118 cm³/mol. The quantitative estimate of drug-likeness (QED) is 0.702. The third-order valence-corrected chi connectivity index (χ3v) is 5.93. The summed E-state index contributed by atoms with van der Waals surface area (Å²) < 4.78 is 14.0. The molecule has 1 heterocycles. The smallest absolute Gasteiger partial charge is 0.237 e. The maximum atomic E-state index is 14.0. The van der Waals surface area contributed by atoms with Crippen LogP contribution in [0.2, 0.25) is 0 Å². The Bertz CT molecular complexity index is 867. The van der Waals surface area contributed by atoms with Crippen LogP contribution in [-0.4, -0.2) is 35.9 Å². The van der Waals surface area contributed by atoms with Crippen LogP contribution < -0.4 is 15.5 Å². The zero-order valence-electron chi connectivity index (χ0n) is 16.7. The minimum atomic E-state index is -0.447. The number of halogens is 1. The molecule has 5 nitrogen and oxygen atoms in total. The van der Waals surface area contributed by atoms with E-state index in [9.17, 15) is 14.0 Å². The van der Waals surface area contributed by atoms with E-state index in [0.29, 0.717) is 5.69 Å². The molecule has 154 valence electrons. The molecule has 0 bridgehead atoms. The molecule has 3 rings (SSSR count). The lowest BCUT2D eigenvalue weighted by atomic mass is 10.2. The highest BCUT2D eigenvalue weighted by molar-refractivity contribution is 8.01. The first-order valence-electron chi connectivity index (χ1n) is 9.75. The first kappa shape index (κ1) is 21.2. The summed E-state index contributed by atoms with van der Waals surface area (Å²) in [6.07, 6.45) is 2.19. The van der Waals surface area contributed by atoms with Crippen LogP contribution in [0.5, 0.6) is 0 Å². The van der Waals surface area contributed by atoms with Crippen molar-refractivity contribution in [1.82, 2.24) is 0 Å². The number of rotatable bonds is 7. The van der Waals surface area contributed by atoms with Crippen molar-refractivity contribution in [2.45, 2.75) is 31.9 Å². The minimum absolute atomic E-state index is 0.157. The maximum absolute atomic E-state index is 14.0. The van der Waals surface area contributed by atoms with E-state index in [1.807, 2.05) is 31.2 Å². The van der Waals surface area contributed by atoms with Gasteiger partial charge in [0, 0.05) is 30.2 Å². The Kier molecular flexibility index (Phi) is 7.14. The van der Waals surface area contributed by atoms with E-state index in [0.717, 1.165) is 42.9 Å².